The fourth-order valence-corrected chi connectivity index (χ4v) is 2.33. The summed E-state index contributed by atoms with van der Waals surface area (Å²) in [6.07, 6.45) is 0. The summed E-state index contributed by atoms with van der Waals surface area (Å²) in [6.45, 7) is 0. The molecule has 0 saturated heterocycles. The Bertz CT molecular complexity index is 755. The van der Waals surface area contributed by atoms with Crippen molar-refractivity contribution in [1.29, 1.82) is 0 Å². The van der Waals surface area contributed by atoms with E-state index in [1.165, 1.54) is 6.07 Å². The first-order valence-electron chi connectivity index (χ1n) is 6.28. The first-order valence-corrected chi connectivity index (χ1v) is 6.81. The number of halogens is 2. The summed E-state index contributed by atoms with van der Waals surface area (Å²) >= 11 is 5.82. The van der Waals surface area contributed by atoms with Gasteiger partial charge < -0.3 is 4.74 Å². The topological polar surface area (TPSA) is 9.23 Å². The molecule has 0 aliphatic heterocycles. The second-order valence-electron chi connectivity index (χ2n) is 4.47. The van der Waals surface area contributed by atoms with Crippen LogP contribution in [0.25, 0.3) is 10.8 Å². The second-order valence-corrected chi connectivity index (χ2v) is 4.74. The van der Waals surface area contributed by atoms with Gasteiger partial charge in [0.25, 0.3) is 0 Å². The number of hydrogen-bond donors (Lipinski definition) is 0. The Hall–Kier alpha value is -2.06. The third-order valence-corrected chi connectivity index (χ3v) is 3.42. The van der Waals surface area contributed by atoms with E-state index in [-0.39, 0.29) is 11.6 Å². The van der Waals surface area contributed by atoms with Crippen LogP contribution in [0.5, 0.6) is 11.5 Å². The predicted molar refractivity (Wildman–Crippen MR) is 80.0 cm³/mol. The third kappa shape index (κ3) is 2.47. The molecule has 3 aromatic rings. The molecule has 1 nitrogen and oxygen atoms in total. The van der Waals surface area contributed by atoms with Crippen LogP contribution in [0.1, 0.15) is 5.56 Å². The SMILES string of the molecule is Fc1cccc(CCl)c1Oc1ccc2ccccc2c1. The van der Waals surface area contributed by atoms with Crippen molar-refractivity contribution in [3.05, 3.63) is 72.0 Å². The zero-order valence-corrected chi connectivity index (χ0v) is 11.4. The Kier molecular flexibility index (Phi) is 3.57. The molecule has 3 aromatic carbocycles. The Labute approximate surface area is 121 Å². The summed E-state index contributed by atoms with van der Waals surface area (Å²) in [5.74, 6) is 0.593. The van der Waals surface area contributed by atoms with Gasteiger partial charge in [0, 0.05) is 5.56 Å². The summed E-state index contributed by atoms with van der Waals surface area (Å²) in [4.78, 5) is 0. The largest absolute Gasteiger partial charge is 0.454 e. The molecule has 0 aliphatic rings. The smallest absolute Gasteiger partial charge is 0.167 e. The van der Waals surface area contributed by atoms with Crippen molar-refractivity contribution in [2.45, 2.75) is 5.88 Å². The fourth-order valence-electron chi connectivity index (χ4n) is 2.12. The highest BCUT2D eigenvalue weighted by molar-refractivity contribution is 6.17. The van der Waals surface area contributed by atoms with Crippen LogP contribution in [0, 0.1) is 5.82 Å². The first kappa shape index (κ1) is 12.9. The molecule has 0 aromatic heterocycles. The van der Waals surface area contributed by atoms with E-state index in [1.54, 1.807) is 12.1 Å². The molecule has 0 fully saturated rings. The van der Waals surface area contributed by atoms with E-state index in [2.05, 4.69) is 0 Å². The number of alkyl halides is 1. The lowest BCUT2D eigenvalue weighted by Gasteiger charge is -2.11. The Morgan fingerprint density at radius 2 is 1.70 bits per heavy atom. The summed E-state index contributed by atoms with van der Waals surface area (Å²) in [5, 5.41) is 2.17. The van der Waals surface area contributed by atoms with Crippen molar-refractivity contribution < 1.29 is 9.13 Å². The number of rotatable bonds is 3. The van der Waals surface area contributed by atoms with Gasteiger partial charge in [-0.1, -0.05) is 42.5 Å². The van der Waals surface area contributed by atoms with Crippen molar-refractivity contribution in [2.75, 3.05) is 0 Å². The monoisotopic (exact) mass is 286 g/mol. The van der Waals surface area contributed by atoms with Gasteiger partial charge in [0.05, 0.1) is 5.88 Å². The van der Waals surface area contributed by atoms with Crippen LogP contribution in [0.15, 0.2) is 60.7 Å². The molecule has 0 spiro atoms. The van der Waals surface area contributed by atoms with Crippen LogP contribution in [0.4, 0.5) is 4.39 Å². The molecule has 3 heteroatoms. The van der Waals surface area contributed by atoms with Crippen molar-refractivity contribution in [2.24, 2.45) is 0 Å². The minimum atomic E-state index is -0.406. The van der Waals surface area contributed by atoms with Gasteiger partial charge in [-0.3, -0.25) is 0 Å². The van der Waals surface area contributed by atoms with Crippen molar-refractivity contribution >= 4 is 22.4 Å². The minimum absolute atomic E-state index is 0.192. The maximum absolute atomic E-state index is 13.9. The molecule has 0 aliphatic carbocycles. The minimum Gasteiger partial charge on any atom is -0.454 e. The zero-order valence-electron chi connectivity index (χ0n) is 10.6. The average Bonchev–Trinajstić information content (AvgIpc) is 2.49. The quantitative estimate of drug-likeness (QED) is 0.577. The summed E-state index contributed by atoms with van der Waals surface area (Å²) in [7, 11) is 0. The lowest BCUT2D eigenvalue weighted by atomic mass is 10.1. The average molecular weight is 287 g/mol. The number of benzene rings is 3. The molecule has 0 radical (unpaired) electrons. The Balaban J connectivity index is 2.01. The number of fused-ring (bicyclic) bond motifs is 1. The maximum atomic E-state index is 13.9. The van der Waals surface area contributed by atoms with Crippen molar-refractivity contribution in [3.63, 3.8) is 0 Å². The molecule has 0 atom stereocenters. The van der Waals surface area contributed by atoms with Gasteiger partial charge in [-0.2, -0.15) is 0 Å². The lowest BCUT2D eigenvalue weighted by Crippen LogP contribution is -1.93. The van der Waals surface area contributed by atoms with Gasteiger partial charge in [0.15, 0.2) is 11.6 Å². The molecule has 0 heterocycles. The highest BCUT2D eigenvalue weighted by Gasteiger charge is 2.10. The molecule has 0 N–H and O–H groups in total. The zero-order chi connectivity index (χ0) is 13.9. The van der Waals surface area contributed by atoms with E-state index < -0.39 is 5.82 Å². The second kappa shape index (κ2) is 5.51. The number of para-hydroxylation sites is 1. The van der Waals surface area contributed by atoms with Crippen LogP contribution in [-0.4, -0.2) is 0 Å². The van der Waals surface area contributed by atoms with Gasteiger partial charge in [-0.15, -0.1) is 11.6 Å². The number of ether oxygens (including phenoxy) is 1. The van der Waals surface area contributed by atoms with E-state index in [1.807, 2.05) is 42.5 Å². The van der Waals surface area contributed by atoms with Gasteiger partial charge in [0.2, 0.25) is 0 Å². The van der Waals surface area contributed by atoms with E-state index in [4.69, 9.17) is 16.3 Å². The van der Waals surface area contributed by atoms with Crippen LogP contribution >= 0.6 is 11.6 Å². The molecule has 0 saturated carbocycles. The molecule has 0 unspecified atom stereocenters. The van der Waals surface area contributed by atoms with Gasteiger partial charge in [0.1, 0.15) is 5.75 Å². The van der Waals surface area contributed by atoms with Gasteiger partial charge in [-0.25, -0.2) is 4.39 Å². The lowest BCUT2D eigenvalue weighted by molar-refractivity contribution is 0.438. The van der Waals surface area contributed by atoms with E-state index in [0.717, 1.165) is 10.8 Å². The Morgan fingerprint density at radius 3 is 2.50 bits per heavy atom. The number of hydrogen-bond acceptors (Lipinski definition) is 1. The highest BCUT2D eigenvalue weighted by atomic mass is 35.5. The highest BCUT2D eigenvalue weighted by Crippen LogP contribution is 2.31. The molecule has 20 heavy (non-hydrogen) atoms. The predicted octanol–water partition coefficient (Wildman–Crippen LogP) is 5.51. The first-order chi connectivity index (χ1) is 9.78. The van der Waals surface area contributed by atoms with Crippen LogP contribution < -0.4 is 4.74 Å². The van der Waals surface area contributed by atoms with Gasteiger partial charge >= 0.3 is 0 Å². The maximum Gasteiger partial charge on any atom is 0.167 e. The molecular weight excluding hydrogens is 275 g/mol. The Morgan fingerprint density at radius 1 is 0.900 bits per heavy atom. The van der Waals surface area contributed by atoms with Crippen molar-refractivity contribution in [3.8, 4) is 11.5 Å². The fraction of sp³-hybridized carbons (Fsp3) is 0.0588. The van der Waals surface area contributed by atoms with Crippen molar-refractivity contribution in [1.82, 2.24) is 0 Å². The molecule has 3 rings (SSSR count). The van der Waals surface area contributed by atoms with Crippen LogP contribution in [0.2, 0.25) is 0 Å². The third-order valence-electron chi connectivity index (χ3n) is 3.13. The van der Waals surface area contributed by atoms with E-state index >= 15 is 0 Å². The molecular formula is C17H12ClFO. The molecule has 100 valence electrons. The molecule has 0 bridgehead atoms. The summed E-state index contributed by atoms with van der Waals surface area (Å²) < 4.78 is 19.5. The standard InChI is InChI=1S/C17H12ClFO/c18-11-14-6-3-7-16(19)17(14)20-15-9-8-12-4-1-2-5-13(12)10-15/h1-10H,11H2. The summed E-state index contributed by atoms with van der Waals surface area (Å²) in [6, 6.07) is 18.4. The summed E-state index contributed by atoms with van der Waals surface area (Å²) in [5.41, 5.74) is 0.639. The van der Waals surface area contributed by atoms with E-state index in [9.17, 15) is 4.39 Å². The van der Waals surface area contributed by atoms with Gasteiger partial charge in [-0.05, 0) is 29.0 Å². The molecule has 0 amide bonds. The van der Waals surface area contributed by atoms with Crippen LogP contribution in [-0.2, 0) is 5.88 Å². The normalized spacial score (nSPS) is 10.7. The van der Waals surface area contributed by atoms with E-state index in [0.29, 0.717) is 11.3 Å². The van der Waals surface area contributed by atoms with Crippen LogP contribution in [0.3, 0.4) is 0 Å².